The fraction of sp³-hybridized carbons (Fsp3) is 0.0328. The molecule has 0 spiro atoms. The summed E-state index contributed by atoms with van der Waals surface area (Å²) in [5.74, 6) is 0. The molecule has 0 atom stereocenters. The van der Waals surface area contributed by atoms with Gasteiger partial charge in [-0.15, -0.1) is 0 Å². The molecule has 0 amide bonds. The van der Waals surface area contributed by atoms with Crippen molar-refractivity contribution in [1.82, 2.24) is 9.13 Å². The summed E-state index contributed by atoms with van der Waals surface area (Å²) < 4.78 is 90.4. The van der Waals surface area contributed by atoms with Gasteiger partial charge in [0.25, 0.3) is 0 Å². The minimum atomic E-state index is -5.11. The Labute approximate surface area is 417 Å². The first-order chi connectivity index (χ1) is 35.7. The summed E-state index contributed by atoms with van der Waals surface area (Å²) in [4.78, 5) is 0. The third-order valence-corrected chi connectivity index (χ3v) is 13.2. The summed E-state index contributed by atoms with van der Waals surface area (Å²) in [5.41, 5.74) is 5.57. The van der Waals surface area contributed by atoms with Gasteiger partial charge in [-0.25, -0.2) is 0 Å². The van der Waals surface area contributed by atoms with E-state index in [1.54, 1.807) is 54.6 Å². The van der Waals surface area contributed by atoms with Gasteiger partial charge in [-0.05, 0) is 149 Å². The molecule has 0 saturated heterocycles. The van der Waals surface area contributed by atoms with E-state index >= 15 is 0 Å². The summed E-state index contributed by atoms with van der Waals surface area (Å²) in [5, 5.41) is 52.7. The van der Waals surface area contributed by atoms with Crippen molar-refractivity contribution in [2.45, 2.75) is 12.4 Å². The maximum atomic E-state index is 14.4. The molecule has 0 aliphatic carbocycles. The first-order valence-electron chi connectivity index (χ1n) is 22.6. The number of para-hydroxylation sites is 2. The van der Waals surface area contributed by atoms with E-state index in [1.807, 2.05) is 94.1 Å². The Hall–Kier alpha value is -10.4. The molecule has 0 unspecified atom stereocenters. The number of rotatable bonds is 6. The molecular weight excluding hydrogens is 945 g/mol. The van der Waals surface area contributed by atoms with Gasteiger partial charge in [0.05, 0.1) is 103 Å². The standard InChI is InChI=1S/C61H29F6N7/c62-60(63,64)46-24-45(25-47(29-46)61(65,66)67)42-10-13-50(59(28-42)74-55-8-4-2-6-49(55)53-27-41(12-16-58(53)74)44-21-38(33-71)18-39(22-44)34-72)51-23-35(30-68)9-14-56(51)73-54-7-3-1-5-48(54)52-26-40(11-15-57(52)73)43-19-36(31-69)17-37(20-43)32-70/h1-29H. The summed E-state index contributed by atoms with van der Waals surface area (Å²) >= 11 is 0. The van der Waals surface area contributed by atoms with Crippen molar-refractivity contribution in [2.75, 3.05) is 0 Å². The molecule has 0 bridgehead atoms. The van der Waals surface area contributed by atoms with Crippen molar-refractivity contribution in [3.8, 4) is 86.2 Å². The maximum absolute atomic E-state index is 14.4. The van der Waals surface area contributed by atoms with Gasteiger partial charge in [0.2, 0.25) is 0 Å². The predicted molar refractivity (Wildman–Crippen MR) is 270 cm³/mol. The number of fused-ring (bicyclic) bond motifs is 6. The summed E-state index contributed by atoms with van der Waals surface area (Å²) in [6, 6.07) is 58.2. The van der Waals surface area contributed by atoms with Gasteiger partial charge >= 0.3 is 12.4 Å². The van der Waals surface area contributed by atoms with Crippen molar-refractivity contribution >= 4 is 43.6 Å². The highest BCUT2D eigenvalue weighted by atomic mass is 19.4. The highest BCUT2D eigenvalue weighted by Gasteiger charge is 2.37. The lowest BCUT2D eigenvalue weighted by atomic mass is 9.93. The molecule has 0 saturated carbocycles. The van der Waals surface area contributed by atoms with Gasteiger partial charge in [0.15, 0.2) is 0 Å². The van der Waals surface area contributed by atoms with E-state index in [1.165, 1.54) is 18.2 Å². The first kappa shape index (κ1) is 46.0. The molecule has 11 aromatic rings. The second-order valence-electron chi connectivity index (χ2n) is 17.6. The molecule has 0 aliphatic rings. The predicted octanol–water partition coefficient (Wildman–Crippen LogP) is 15.9. The normalized spacial score (nSPS) is 11.6. The number of hydrogen-bond donors (Lipinski definition) is 0. The molecule has 9 aromatic carbocycles. The monoisotopic (exact) mass is 973 g/mol. The van der Waals surface area contributed by atoms with Crippen LogP contribution in [-0.2, 0) is 12.4 Å². The molecule has 74 heavy (non-hydrogen) atoms. The van der Waals surface area contributed by atoms with E-state index in [4.69, 9.17) is 0 Å². The van der Waals surface area contributed by atoms with Gasteiger partial charge in [-0.3, -0.25) is 0 Å². The fourth-order valence-electron chi connectivity index (χ4n) is 9.93. The van der Waals surface area contributed by atoms with Crippen molar-refractivity contribution in [3.63, 3.8) is 0 Å². The topological polar surface area (TPSA) is 129 Å². The SMILES string of the molecule is N#Cc1cc(C#N)cc(-c2ccc3c(c2)c2ccccc2n3-c2ccc(C#N)cc2-c2ccc(-c3cc(C(F)(F)F)cc(C(F)(F)F)c3)cc2-n2c3ccccc3c3cc(-c4cc(C#N)cc(C#N)c4)ccc32)c1. The Morgan fingerprint density at radius 1 is 0.297 bits per heavy atom. The van der Waals surface area contributed by atoms with Crippen LogP contribution in [0, 0.1) is 56.7 Å². The van der Waals surface area contributed by atoms with E-state index in [9.17, 15) is 52.7 Å². The Kier molecular flexibility index (Phi) is 10.9. The molecule has 350 valence electrons. The molecule has 0 radical (unpaired) electrons. The third kappa shape index (κ3) is 7.87. The zero-order valence-corrected chi connectivity index (χ0v) is 38.1. The Morgan fingerprint density at radius 2 is 0.703 bits per heavy atom. The lowest BCUT2D eigenvalue weighted by molar-refractivity contribution is -0.143. The zero-order chi connectivity index (χ0) is 51.6. The van der Waals surface area contributed by atoms with Crippen LogP contribution in [0.4, 0.5) is 26.3 Å². The van der Waals surface area contributed by atoms with Crippen molar-refractivity contribution in [3.05, 3.63) is 215 Å². The molecule has 0 aliphatic heterocycles. The van der Waals surface area contributed by atoms with Gasteiger partial charge < -0.3 is 9.13 Å². The number of aromatic nitrogens is 2. The average Bonchev–Trinajstić information content (AvgIpc) is 3.94. The van der Waals surface area contributed by atoms with E-state index in [2.05, 4.69) is 30.3 Å². The van der Waals surface area contributed by atoms with E-state index < -0.39 is 23.5 Å². The Balaban J connectivity index is 1.21. The van der Waals surface area contributed by atoms with Crippen molar-refractivity contribution in [1.29, 1.82) is 26.3 Å². The van der Waals surface area contributed by atoms with Crippen LogP contribution < -0.4 is 0 Å². The maximum Gasteiger partial charge on any atom is 0.416 e. The number of halogens is 6. The molecular formula is C61H29F6N7. The minimum absolute atomic E-state index is 0.0441. The van der Waals surface area contributed by atoms with E-state index in [-0.39, 0.29) is 33.9 Å². The lowest BCUT2D eigenvalue weighted by Crippen LogP contribution is -2.11. The summed E-state index contributed by atoms with van der Waals surface area (Å²) in [6.45, 7) is 0. The number of nitrogens with zero attached hydrogens (tertiary/aromatic N) is 7. The molecule has 11 rings (SSSR count). The molecule has 2 heterocycles. The van der Waals surface area contributed by atoms with E-state index in [0.717, 1.165) is 32.8 Å². The summed E-state index contributed by atoms with van der Waals surface area (Å²) in [7, 11) is 0. The van der Waals surface area contributed by atoms with Crippen molar-refractivity contribution in [2.24, 2.45) is 0 Å². The number of alkyl halides is 6. The number of nitriles is 5. The third-order valence-electron chi connectivity index (χ3n) is 13.2. The fourth-order valence-corrected chi connectivity index (χ4v) is 9.93. The van der Waals surface area contributed by atoms with Crippen LogP contribution >= 0.6 is 0 Å². The highest BCUT2D eigenvalue weighted by molar-refractivity contribution is 6.13. The Bertz CT molecular complexity index is 4330. The smallest absolute Gasteiger partial charge is 0.309 e. The van der Waals surface area contributed by atoms with Gasteiger partial charge in [-0.1, -0.05) is 60.7 Å². The largest absolute Gasteiger partial charge is 0.416 e. The van der Waals surface area contributed by atoms with Gasteiger partial charge in [-0.2, -0.15) is 52.7 Å². The molecule has 0 fully saturated rings. The van der Waals surface area contributed by atoms with Crippen LogP contribution in [0.2, 0.25) is 0 Å². The van der Waals surface area contributed by atoms with Crippen LogP contribution in [0.25, 0.3) is 99.5 Å². The quantitative estimate of drug-likeness (QED) is 0.153. The molecule has 2 aromatic heterocycles. The van der Waals surface area contributed by atoms with Gasteiger partial charge in [0.1, 0.15) is 0 Å². The van der Waals surface area contributed by atoms with Crippen LogP contribution in [0.15, 0.2) is 176 Å². The average molecular weight is 974 g/mol. The summed E-state index contributed by atoms with van der Waals surface area (Å²) in [6.07, 6.45) is -10.2. The molecule has 7 nitrogen and oxygen atoms in total. The van der Waals surface area contributed by atoms with Crippen LogP contribution in [0.1, 0.15) is 38.9 Å². The zero-order valence-electron chi connectivity index (χ0n) is 38.1. The van der Waals surface area contributed by atoms with E-state index in [0.29, 0.717) is 78.9 Å². The molecule has 0 N–H and O–H groups in total. The Morgan fingerprint density at radius 3 is 1.16 bits per heavy atom. The lowest BCUT2D eigenvalue weighted by Gasteiger charge is -2.21. The van der Waals surface area contributed by atoms with Crippen LogP contribution in [-0.4, -0.2) is 9.13 Å². The molecule has 13 heteroatoms. The second-order valence-corrected chi connectivity index (χ2v) is 17.6. The highest BCUT2D eigenvalue weighted by Crippen LogP contribution is 2.45. The number of hydrogen-bond acceptors (Lipinski definition) is 5. The van der Waals surface area contributed by atoms with Gasteiger partial charge in [0, 0.05) is 32.7 Å². The minimum Gasteiger partial charge on any atom is -0.309 e. The number of benzene rings is 9. The van der Waals surface area contributed by atoms with Crippen molar-refractivity contribution < 1.29 is 26.3 Å². The van der Waals surface area contributed by atoms with Crippen LogP contribution in [0.5, 0.6) is 0 Å². The first-order valence-corrected chi connectivity index (χ1v) is 22.6. The van der Waals surface area contributed by atoms with Crippen LogP contribution in [0.3, 0.4) is 0 Å². The second kappa shape index (κ2) is 17.5.